The summed E-state index contributed by atoms with van der Waals surface area (Å²) in [5, 5.41) is 0. The fraction of sp³-hybridized carbons (Fsp3) is 0.889. The van der Waals surface area contributed by atoms with E-state index < -0.39 is 18.3 Å². The average Bonchev–Trinajstić information content (AvgIpc) is 2.01. The minimum Gasteiger partial charge on any atom is -0.339 e. The number of amides is 1. The highest BCUT2D eigenvalue weighted by Gasteiger charge is 2.40. The van der Waals surface area contributed by atoms with Gasteiger partial charge in [-0.2, -0.15) is 8.78 Å². The fourth-order valence-electron chi connectivity index (χ4n) is 1.17. The largest absolute Gasteiger partial charge is 0.339 e. The lowest BCUT2D eigenvalue weighted by atomic mass is 10.0. The van der Waals surface area contributed by atoms with Crippen LogP contribution >= 0.6 is 0 Å². The second-order valence-corrected chi connectivity index (χ2v) is 3.82. The molecule has 14 heavy (non-hydrogen) atoms. The smallest absolute Gasteiger partial charge is 0.325 e. The van der Waals surface area contributed by atoms with E-state index in [-0.39, 0.29) is 19.0 Å². The van der Waals surface area contributed by atoms with Crippen molar-refractivity contribution in [2.24, 2.45) is 11.7 Å². The van der Waals surface area contributed by atoms with Gasteiger partial charge in [0.25, 0.3) is 5.91 Å². The molecule has 0 heterocycles. The molecule has 0 bridgehead atoms. The van der Waals surface area contributed by atoms with Gasteiger partial charge in [-0.15, -0.1) is 0 Å². The highest BCUT2D eigenvalue weighted by atomic mass is 19.3. The van der Waals surface area contributed by atoms with Crippen LogP contribution in [0, 0.1) is 5.92 Å². The van der Waals surface area contributed by atoms with Crippen LogP contribution in [0.25, 0.3) is 0 Å². The van der Waals surface area contributed by atoms with Crippen molar-refractivity contribution in [3.05, 3.63) is 0 Å². The van der Waals surface area contributed by atoms with Crippen molar-refractivity contribution in [3.8, 4) is 0 Å². The molecular weight excluding hydrogens is 190 g/mol. The van der Waals surface area contributed by atoms with Gasteiger partial charge in [0.1, 0.15) is 0 Å². The molecule has 0 aromatic carbocycles. The van der Waals surface area contributed by atoms with Crippen LogP contribution in [-0.2, 0) is 4.79 Å². The zero-order valence-electron chi connectivity index (χ0n) is 8.89. The summed E-state index contributed by atoms with van der Waals surface area (Å²) in [6.07, 6.45) is -0.416. The Morgan fingerprint density at radius 2 is 2.00 bits per heavy atom. The molecule has 3 nitrogen and oxygen atoms in total. The third-order valence-corrected chi connectivity index (χ3v) is 1.79. The summed E-state index contributed by atoms with van der Waals surface area (Å²) in [6, 6.07) is 0. The van der Waals surface area contributed by atoms with Crippen molar-refractivity contribution in [2.75, 3.05) is 20.1 Å². The van der Waals surface area contributed by atoms with Gasteiger partial charge >= 0.3 is 5.92 Å². The number of likely N-dealkylation sites (N-methyl/N-ethyl adjacent to an activating group) is 1. The predicted molar refractivity (Wildman–Crippen MR) is 51.1 cm³/mol. The first kappa shape index (κ1) is 13.3. The van der Waals surface area contributed by atoms with Gasteiger partial charge in [0.05, 0.1) is 0 Å². The van der Waals surface area contributed by atoms with Gasteiger partial charge in [-0.05, 0) is 5.92 Å². The van der Waals surface area contributed by atoms with Crippen molar-refractivity contribution in [1.29, 1.82) is 0 Å². The normalized spacial score (nSPS) is 11.9. The number of alkyl halides is 2. The fourth-order valence-corrected chi connectivity index (χ4v) is 1.17. The molecule has 0 fully saturated rings. The molecule has 5 heteroatoms. The van der Waals surface area contributed by atoms with E-state index in [2.05, 4.69) is 0 Å². The minimum atomic E-state index is -3.27. The molecule has 0 atom stereocenters. The zero-order valence-corrected chi connectivity index (χ0v) is 8.89. The molecule has 0 aliphatic rings. The van der Waals surface area contributed by atoms with Gasteiger partial charge in [0, 0.05) is 26.6 Å². The van der Waals surface area contributed by atoms with Crippen molar-refractivity contribution < 1.29 is 13.6 Å². The van der Waals surface area contributed by atoms with Gasteiger partial charge in [-0.25, -0.2) is 0 Å². The van der Waals surface area contributed by atoms with E-state index in [9.17, 15) is 13.6 Å². The Bertz CT molecular complexity index is 195. The molecule has 1 amide bonds. The third kappa shape index (κ3) is 4.00. The Balaban J connectivity index is 4.33. The second-order valence-electron chi connectivity index (χ2n) is 3.82. The molecule has 0 rings (SSSR count). The van der Waals surface area contributed by atoms with Crippen LogP contribution in [0.5, 0.6) is 0 Å². The third-order valence-electron chi connectivity index (χ3n) is 1.79. The summed E-state index contributed by atoms with van der Waals surface area (Å²) in [5.41, 5.74) is 5.17. The Kier molecular flexibility index (Phi) is 4.97. The van der Waals surface area contributed by atoms with Crippen LogP contribution < -0.4 is 5.73 Å². The van der Waals surface area contributed by atoms with Crippen molar-refractivity contribution in [1.82, 2.24) is 4.90 Å². The maximum Gasteiger partial charge on any atom is 0.325 e. The quantitative estimate of drug-likeness (QED) is 0.735. The highest BCUT2D eigenvalue weighted by molar-refractivity contribution is 5.83. The Hall–Kier alpha value is -0.710. The number of rotatable bonds is 5. The van der Waals surface area contributed by atoms with Crippen LogP contribution in [0.15, 0.2) is 0 Å². The van der Waals surface area contributed by atoms with E-state index in [0.717, 1.165) is 4.90 Å². The molecule has 0 saturated heterocycles. The first-order valence-electron chi connectivity index (χ1n) is 4.64. The molecule has 0 radical (unpaired) electrons. The molecule has 0 unspecified atom stereocenters. The maximum absolute atomic E-state index is 13.2. The topological polar surface area (TPSA) is 46.3 Å². The number of carbonyl (C=O) groups excluding carboxylic acids is 1. The standard InChI is InChI=1S/C9H18F2N2O/c1-7(2)6-9(10,11)8(14)13(3)5-4-12/h7H,4-6,12H2,1-3H3. The Morgan fingerprint density at radius 3 is 2.36 bits per heavy atom. The van der Waals surface area contributed by atoms with Crippen LogP contribution in [0.3, 0.4) is 0 Å². The van der Waals surface area contributed by atoms with Gasteiger partial charge < -0.3 is 10.6 Å². The molecule has 0 spiro atoms. The highest BCUT2D eigenvalue weighted by Crippen LogP contribution is 2.25. The Morgan fingerprint density at radius 1 is 1.50 bits per heavy atom. The molecule has 2 N–H and O–H groups in total. The monoisotopic (exact) mass is 208 g/mol. The maximum atomic E-state index is 13.2. The first-order valence-corrected chi connectivity index (χ1v) is 4.64. The molecule has 84 valence electrons. The SMILES string of the molecule is CC(C)CC(F)(F)C(=O)N(C)CCN. The summed E-state index contributed by atoms with van der Waals surface area (Å²) in [7, 11) is 1.34. The number of hydrogen-bond donors (Lipinski definition) is 1. The van der Waals surface area contributed by atoms with E-state index in [0.29, 0.717) is 0 Å². The molecule has 0 saturated carbocycles. The van der Waals surface area contributed by atoms with Crippen LogP contribution in [0.1, 0.15) is 20.3 Å². The molecule has 0 aromatic rings. The summed E-state index contributed by atoms with van der Waals surface area (Å²) >= 11 is 0. The number of nitrogens with zero attached hydrogens (tertiary/aromatic N) is 1. The number of carbonyl (C=O) groups is 1. The summed E-state index contributed by atoms with van der Waals surface area (Å²) < 4.78 is 26.4. The average molecular weight is 208 g/mol. The lowest BCUT2D eigenvalue weighted by molar-refractivity contribution is -0.158. The van der Waals surface area contributed by atoms with Crippen LogP contribution in [-0.4, -0.2) is 36.9 Å². The Labute approximate surface area is 83.3 Å². The van der Waals surface area contributed by atoms with Crippen molar-refractivity contribution >= 4 is 5.91 Å². The summed E-state index contributed by atoms with van der Waals surface area (Å²) in [4.78, 5) is 12.2. The van der Waals surface area contributed by atoms with Gasteiger partial charge in [0.2, 0.25) is 0 Å². The predicted octanol–water partition coefficient (Wildman–Crippen LogP) is 1.08. The summed E-state index contributed by atoms with van der Waals surface area (Å²) in [5.74, 6) is -4.62. The number of halogens is 2. The summed E-state index contributed by atoms with van der Waals surface area (Å²) in [6.45, 7) is 3.67. The van der Waals surface area contributed by atoms with Crippen LogP contribution in [0.4, 0.5) is 8.78 Å². The lowest BCUT2D eigenvalue weighted by Crippen LogP contribution is -2.44. The molecule has 0 aliphatic carbocycles. The van der Waals surface area contributed by atoms with E-state index in [1.54, 1.807) is 13.8 Å². The van der Waals surface area contributed by atoms with E-state index in [1.165, 1.54) is 7.05 Å². The first-order chi connectivity index (χ1) is 6.31. The molecular formula is C9H18F2N2O. The van der Waals surface area contributed by atoms with Gasteiger partial charge in [-0.1, -0.05) is 13.8 Å². The minimum absolute atomic E-state index is 0.159. The van der Waals surface area contributed by atoms with Gasteiger partial charge in [-0.3, -0.25) is 4.79 Å². The molecule has 0 aromatic heterocycles. The second kappa shape index (κ2) is 5.24. The van der Waals surface area contributed by atoms with Crippen molar-refractivity contribution in [3.63, 3.8) is 0 Å². The molecule has 0 aliphatic heterocycles. The van der Waals surface area contributed by atoms with E-state index in [4.69, 9.17) is 5.73 Å². The van der Waals surface area contributed by atoms with E-state index in [1.807, 2.05) is 0 Å². The van der Waals surface area contributed by atoms with E-state index >= 15 is 0 Å². The number of hydrogen-bond acceptors (Lipinski definition) is 2. The lowest BCUT2D eigenvalue weighted by Gasteiger charge is -2.23. The van der Waals surface area contributed by atoms with Crippen LogP contribution in [0.2, 0.25) is 0 Å². The zero-order chi connectivity index (χ0) is 11.4. The van der Waals surface area contributed by atoms with Gasteiger partial charge in [0.15, 0.2) is 0 Å². The number of nitrogens with two attached hydrogens (primary N) is 1. The van der Waals surface area contributed by atoms with Crippen molar-refractivity contribution in [2.45, 2.75) is 26.2 Å².